The molecule has 0 nitrogen and oxygen atoms in total. The lowest BCUT2D eigenvalue weighted by Crippen LogP contribution is -1.91. The van der Waals surface area contributed by atoms with Crippen molar-refractivity contribution in [2.75, 3.05) is 0 Å². The first kappa shape index (κ1) is 17.1. The van der Waals surface area contributed by atoms with E-state index >= 15 is 0 Å². The predicted octanol–water partition coefficient (Wildman–Crippen LogP) is 6.88. The Morgan fingerprint density at radius 1 is 0.542 bits per heavy atom. The number of rotatable bonds is 4. The number of hydrogen-bond donors (Lipinski definition) is 0. The highest BCUT2D eigenvalue weighted by Crippen LogP contribution is 2.41. The molecule has 3 aromatic rings. The van der Waals surface area contributed by atoms with E-state index in [0.29, 0.717) is 9.79 Å². The van der Waals surface area contributed by atoms with E-state index in [1.165, 1.54) is 35.7 Å². The van der Waals surface area contributed by atoms with Gasteiger partial charge in [0, 0.05) is 9.79 Å². The minimum Gasteiger partial charge on any atom is -0.206 e. The number of aryl methyl sites for hydroxylation is 2. The van der Waals surface area contributed by atoms with E-state index in [9.17, 15) is 8.78 Å². The summed E-state index contributed by atoms with van der Waals surface area (Å²) in [6.45, 7) is 3.99. The third-order valence-electron chi connectivity index (χ3n) is 3.50. The lowest BCUT2D eigenvalue weighted by Gasteiger charge is -2.11. The largest absolute Gasteiger partial charge is 0.206 e. The summed E-state index contributed by atoms with van der Waals surface area (Å²) in [7, 11) is 0. The maximum Gasteiger partial charge on any atom is 0.138 e. The van der Waals surface area contributed by atoms with Crippen molar-refractivity contribution in [1.82, 2.24) is 0 Å². The Morgan fingerprint density at radius 2 is 0.875 bits per heavy atom. The molecule has 122 valence electrons. The topological polar surface area (TPSA) is 0 Å². The van der Waals surface area contributed by atoms with Crippen LogP contribution in [0.5, 0.6) is 0 Å². The first-order valence-electron chi connectivity index (χ1n) is 7.50. The summed E-state index contributed by atoms with van der Waals surface area (Å²) in [4.78, 5) is 2.42. The average Bonchev–Trinajstić information content (AvgIpc) is 2.58. The van der Waals surface area contributed by atoms with Gasteiger partial charge in [-0.15, -0.1) is 0 Å². The van der Waals surface area contributed by atoms with E-state index in [1.54, 1.807) is 0 Å². The van der Waals surface area contributed by atoms with Crippen LogP contribution in [-0.2, 0) is 0 Å². The average molecular weight is 358 g/mol. The van der Waals surface area contributed by atoms with E-state index in [4.69, 9.17) is 0 Å². The quantitative estimate of drug-likeness (QED) is 0.498. The lowest BCUT2D eigenvalue weighted by atomic mass is 10.2. The molecule has 0 aliphatic carbocycles. The van der Waals surface area contributed by atoms with Gasteiger partial charge in [-0.3, -0.25) is 0 Å². The van der Waals surface area contributed by atoms with Gasteiger partial charge in [0.1, 0.15) is 11.6 Å². The molecule has 0 aliphatic heterocycles. The van der Waals surface area contributed by atoms with Crippen LogP contribution >= 0.6 is 23.5 Å². The van der Waals surface area contributed by atoms with Crippen molar-refractivity contribution in [2.45, 2.75) is 33.4 Å². The lowest BCUT2D eigenvalue weighted by molar-refractivity contribution is 0.550. The highest BCUT2D eigenvalue weighted by Gasteiger charge is 2.16. The summed E-state index contributed by atoms with van der Waals surface area (Å²) in [5, 5.41) is 0. The molecule has 0 saturated heterocycles. The standard InChI is InChI=1S/C20H16F2S2/c1-13-3-7-15(8-4-13)23-19-17(21)11-12-18(22)20(19)24-16-9-5-14(2)6-10-16/h3-12H,1-2H3. The van der Waals surface area contributed by atoms with Gasteiger partial charge in [0.25, 0.3) is 0 Å². The second-order valence-electron chi connectivity index (χ2n) is 5.52. The number of halogens is 2. The van der Waals surface area contributed by atoms with Crippen molar-refractivity contribution >= 4 is 23.5 Å². The fourth-order valence-corrected chi connectivity index (χ4v) is 4.13. The molecule has 0 bridgehead atoms. The smallest absolute Gasteiger partial charge is 0.138 e. The first-order valence-corrected chi connectivity index (χ1v) is 9.13. The summed E-state index contributed by atoms with van der Waals surface area (Å²) in [6.07, 6.45) is 0. The molecule has 0 N–H and O–H groups in total. The SMILES string of the molecule is Cc1ccc(Sc2c(F)ccc(F)c2Sc2ccc(C)cc2)cc1. The zero-order valence-corrected chi connectivity index (χ0v) is 15.0. The van der Waals surface area contributed by atoms with Gasteiger partial charge >= 0.3 is 0 Å². The Hall–Kier alpha value is -1.78. The minimum atomic E-state index is -0.406. The Morgan fingerprint density at radius 3 is 1.21 bits per heavy atom. The van der Waals surface area contributed by atoms with Gasteiger partial charge in [-0.1, -0.05) is 58.9 Å². The van der Waals surface area contributed by atoms with Gasteiger partial charge in [0.2, 0.25) is 0 Å². The van der Waals surface area contributed by atoms with Crippen molar-refractivity contribution in [2.24, 2.45) is 0 Å². The van der Waals surface area contributed by atoms with Crippen molar-refractivity contribution in [3.63, 3.8) is 0 Å². The maximum absolute atomic E-state index is 14.4. The first-order chi connectivity index (χ1) is 11.5. The number of hydrogen-bond acceptors (Lipinski definition) is 2. The van der Waals surface area contributed by atoms with Gasteiger partial charge in [0.05, 0.1) is 9.79 Å². The molecule has 0 aliphatic rings. The van der Waals surface area contributed by atoms with Crippen LogP contribution in [0.4, 0.5) is 8.78 Å². The second kappa shape index (κ2) is 7.41. The predicted molar refractivity (Wildman–Crippen MR) is 97.0 cm³/mol. The van der Waals surface area contributed by atoms with Crippen LogP contribution in [0.25, 0.3) is 0 Å². The molecule has 0 atom stereocenters. The summed E-state index contributed by atoms with van der Waals surface area (Å²) in [5.74, 6) is -0.812. The van der Waals surface area contributed by atoms with Gasteiger partial charge in [-0.2, -0.15) is 0 Å². The molecule has 0 aromatic heterocycles. The third kappa shape index (κ3) is 4.00. The molecule has 24 heavy (non-hydrogen) atoms. The van der Waals surface area contributed by atoms with Crippen LogP contribution in [0.15, 0.2) is 80.2 Å². The van der Waals surface area contributed by atoms with Crippen LogP contribution in [0.3, 0.4) is 0 Å². The zero-order chi connectivity index (χ0) is 17.1. The normalized spacial score (nSPS) is 10.8. The molecule has 0 amide bonds. The molecular weight excluding hydrogens is 342 g/mol. The van der Waals surface area contributed by atoms with Gasteiger partial charge in [-0.05, 0) is 50.2 Å². The van der Waals surface area contributed by atoms with Gasteiger partial charge in [-0.25, -0.2) is 8.78 Å². The van der Waals surface area contributed by atoms with Gasteiger partial charge in [0.15, 0.2) is 0 Å². The van der Waals surface area contributed by atoms with Crippen molar-refractivity contribution in [3.05, 3.63) is 83.4 Å². The Balaban J connectivity index is 1.97. The molecule has 4 heteroatoms. The van der Waals surface area contributed by atoms with Gasteiger partial charge < -0.3 is 0 Å². The van der Waals surface area contributed by atoms with E-state index in [0.717, 1.165) is 20.9 Å². The van der Waals surface area contributed by atoms with Crippen LogP contribution in [-0.4, -0.2) is 0 Å². The highest BCUT2D eigenvalue weighted by molar-refractivity contribution is 8.02. The van der Waals surface area contributed by atoms with Crippen molar-refractivity contribution < 1.29 is 8.78 Å². The maximum atomic E-state index is 14.4. The molecule has 0 radical (unpaired) electrons. The third-order valence-corrected chi connectivity index (χ3v) is 5.85. The Labute approximate surface area is 149 Å². The van der Waals surface area contributed by atoms with Crippen LogP contribution < -0.4 is 0 Å². The van der Waals surface area contributed by atoms with Crippen molar-refractivity contribution in [1.29, 1.82) is 0 Å². The Bertz CT molecular complexity index is 768. The molecular formula is C20H16F2S2. The van der Waals surface area contributed by atoms with Crippen LogP contribution in [0, 0.1) is 25.5 Å². The summed E-state index contributed by atoms with van der Waals surface area (Å²) in [5.41, 5.74) is 2.27. The molecule has 0 saturated carbocycles. The van der Waals surface area contributed by atoms with E-state index in [2.05, 4.69) is 0 Å². The van der Waals surface area contributed by atoms with Crippen molar-refractivity contribution in [3.8, 4) is 0 Å². The summed E-state index contributed by atoms with van der Waals surface area (Å²) < 4.78 is 28.7. The fourth-order valence-electron chi connectivity index (χ4n) is 2.15. The van der Waals surface area contributed by atoms with E-state index < -0.39 is 11.6 Å². The Kier molecular flexibility index (Phi) is 5.27. The highest BCUT2D eigenvalue weighted by atomic mass is 32.2. The van der Waals surface area contributed by atoms with Crippen LogP contribution in [0.1, 0.15) is 11.1 Å². The molecule has 3 aromatic carbocycles. The van der Waals surface area contributed by atoms with E-state index in [-0.39, 0.29) is 0 Å². The molecule has 0 unspecified atom stereocenters. The summed E-state index contributed by atoms with van der Waals surface area (Å²) in [6, 6.07) is 17.9. The summed E-state index contributed by atoms with van der Waals surface area (Å²) >= 11 is 2.50. The molecule has 3 rings (SSSR count). The molecule has 0 fully saturated rings. The zero-order valence-electron chi connectivity index (χ0n) is 13.3. The number of benzene rings is 3. The minimum absolute atomic E-state index is 0.324. The van der Waals surface area contributed by atoms with Crippen LogP contribution in [0.2, 0.25) is 0 Å². The fraction of sp³-hybridized carbons (Fsp3) is 0.100. The molecule has 0 spiro atoms. The second-order valence-corrected chi connectivity index (χ2v) is 7.69. The monoisotopic (exact) mass is 358 g/mol. The van der Waals surface area contributed by atoms with E-state index in [1.807, 2.05) is 62.4 Å². The molecule has 0 heterocycles.